The Morgan fingerprint density at radius 2 is 2.12 bits per heavy atom. The second-order valence-electron chi connectivity index (χ2n) is 6.57. The third-order valence-electron chi connectivity index (χ3n) is 5.04. The summed E-state index contributed by atoms with van der Waals surface area (Å²) in [6.45, 7) is 1.82. The van der Waals surface area contributed by atoms with Crippen LogP contribution in [0.1, 0.15) is 31.2 Å². The van der Waals surface area contributed by atoms with Gasteiger partial charge in [0.25, 0.3) is 0 Å². The van der Waals surface area contributed by atoms with E-state index in [2.05, 4.69) is 15.5 Å². The number of urea groups is 1. The molecule has 1 N–H and O–H groups in total. The van der Waals surface area contributed by atoms with E-state index in [1.165, 1.54) is 12.5 Å². The van der Waals surface area contributed by atoms with Gasteiger partial charge in [0.15, 0.2) is 0 Å². The zero-order valence-electron chi connectivity index (χ0n) is 13.5. The van der Waals surface area contributed by atoms with E-state index in [1.54, 1.807) is 18.3 Å². The van der Waals surface area contributed by atoms with Crippen molar-refractivity contribution in [3.8, 4) is 11.3 Å². The molecule has 0 aliphatic carbocycles. The first-order valence-corrected chi connectivity index (χ1v) is 8.31. The maximum Gasteiger partial charge on any atom is 0.322 e. The number of carbonyl (C=O) groups excluding carboxylic acids is 1. The fourth-order valence-corrected chi connectivity index (χ4v) is 3.81. The van der Waals surface area contributed by atoms with Crippen LogP contribution in [-0.4, -0.2) is 33.2 Å². The number of fused-ring (bicyclic) bond motifs is 2. The number of hydrogen-bond acceptors (Lipinski definition) is 3. The molecule has 1 aromatic carbocycles. The Kier molecular flexibility index (Phi) is 3.67. The van der Waals surface area contributed by atoms with Gasteiger partial charge in [0.1, 0.15) is 5.82 Å². The third kappa shape index (κ3) is 2.52. The minimum Gasteiger partial charge on any atom is -0.318 e. The van der Waals surface area contributed by atoms with Crippen molar-refractivity contribution in [2.24, 2.45) is 0 Å². The van der Waals surface area contributed by atoms with E-state index < -0.39 is 5.82 Å². The van der Waals surface area contributed by atoms with Crippen molar-refractivity contribution in [1.29, 1.82) is 0 Å². The number of benzene rings is 1. The lowest BCUT2D eigenvalue weighted by Gasteiger charge is -2.52. The molecule has 4 rings (SSSR count). The summed E-state index contributed by atoms with van der Waals surface area (Å²) in [7, 11) is 0. The normalized spacial score (nSPS) is 22.0. The van der Waals surface area contributed by atoms with E-state index in [0.717, 1.165) is 30.4 Å². The highest BCUT2D eigenvalue weighted by Crippen LogP contribution is 2.38. The van der Waals surface area contributed by atoms with Gasteiger partial charge in [-0.25, -0.2) is 9.18 Å². The molecule has 0 radical (unpaired) electrons. The van der Waals surface area contributed by atoms with Crippen LogP contribution < -0.4 is 5.32 Å². The fraction of sp³-hybridized carbons (Fsp3) is 0.389. The number of rotatable bonds is 2. The lowest BCUT2D eigenvalue weighted by Crippen LogP contribution is -2.62. The van der Waals surface area contributed by atoms with Crippen molar-refractivity contribution in [3.63, 3.8) is 0 Å². The monoisotopic (exact) mass is 326 g/mol. The zero-order chi connectivity index (χ0) is 16.7. The number of carbonyl (C=O) groups is 1. The SMILES string of the molecule is Cc1cc(F)c(NC(=O)N2C3CCCC2C3)cc1-c1cccnn1. The summed E-state index contributed by atoms with van der Waals surface area (Å²) < 4.78 is 14.3. The molecule has 2 aromatic rings. The van der Waals surface area contributed by atoms with Gasteiger partial charge in [0.05, 0.1) is 11.4 Å². The summed E-state index contributed by atoms with van der Waals surface area (Å²) in [6.07, 6.45) is 5.94. The molecule has 6 heteroatoms. The molecule has 2 bridgehead atoms. The van der Waals surface area contributed by atoms with E-state index in [4.69, 9.17) is 0 Å². The number of piperidine rings is 1. The molecule has 2 saturated heterocycles. The highest BCUT2D eigenvalue weighted by Gasteiger charge is 2.44. The van der Waals surface area contributed by atoms with E-state index >= 15 is 0 Å². The van der Waals surface area contributed by atoms with Crippen LogP contribution in [0.15, 0.2) is 30.5 Å². The van der Waals surface area contributed by atoms with Gasteiger partial charge in [0.2, 0.25) is 0 Å². The second-order valence-corrected chi connectivity index (χ2v) is 6.57. The third-order valence-corrected chi connectivity index (χ3v) is 5.04. The molecule has 124 valence electrons. The Hall–Kier alpha value is -2.50. The number of anilines is 1. The molecule has 0 saturated carbocycles. The Morgan fingerprint density at radius 3 is 2.79 bits per heavy atom. The average Bonchev–Trinajstić information content (AvgIpc) is 2.58. The van der Waals surface area contributed by atoms with Gasteiger partial charge in [-0.15, -0.1) is 0 Å². The van der Waals surface area contributed by atoms with Gasteiger partial charge in [-0.1, -0.05) is 0 Å². The summed E-state index contributed by atoms with van der Waals surface area (Å²) in [6, 6.07) is 7.10. The summed E-state index contributed by atoms with van der Waals surface area (Å²) in [5, 5.41) is 10.7. The molecule has 0 spiro atoms. The Labute approximate surface area is 139 Å². The van der Waals surface area contributed by atoms with Crippen LogP contribution in [0, 0.1) is 12.7 Å². The first-order chi connectivity index (χ1) is 11.6. The maximum atomic E-state index is 14.3. The van der Waals surface area contributed by atoms with Crippen LogP contribution in [-0.2, 0) is 0 Å². The first kappa shape index (κ1) is 15.1. The first-order valence-electron chi connectivity index (χ1n) is 8.31. The Morgan fingerprint density at radius 1 is 1.33 bits per heavy atom. The fourth-order valence-electron chi connectivity index (χ4n) is 3.81. The Bertz CT molecular complexity index is 766. The minimum atomic E-state index is -0.431. The van der Waals surface area contributed by atoms with Gasteiger partial charge in [-0.05, 0) is 62.4 Å². The van der Waals surface area contributed by atoms with Gasteiger partial charge in [-0.2, -0.15) is 10.2 Å². The van der Waals surface area contributed by atoms with Crippen LogP contribution in [0.2, 0.25) is 0 Å². The molecule has 2 aliphatic rings. The lowest BCUT2D eigenvalue weighted by molar-refractivity contribution is 0.0173. The van der Waals surface area contributed by atoms with Gasteiger partial charge in [0, 0.05) is 23.8 Å². The largest absolute Gasteiger partial charge is 0.322 e. The Balaban J connectivity index is 1.60. The van der Waals surface area contributed by atoms with Crippen molar-refractivity contribution >= 4 is 11.7 Å². The predicted octanol–water partition coefficient (Wildman–Crippen LogP) is 3.75. The summed E-state index contributed by atoms with van der Waals surface area (Å²) in [4.78, 5) is 14.4. The number of aromatic nitrogens is 2. The quantitative estimate of drug-likeness (QED) is 0.914. The predicted molar refractivity (Wildman–Crippen MR) is 89.1 cm³/mol. The van der Waals surface area contributed by atoms with Gasteiger partial charge in [-0.3, -0.25) is 0 Å². The van der Waals surface area contributed by atoms with Crippen LogP contribution in [0.25, 0.3) is 11.3 Å². The molecule has 24 heavy (non-hydrogen) atoms. The molecule has 2 unspecified atom stereocenters. The van der Waals surface area contributed by atoms with Crippen LogP contribution >= 0.6 is 0 Å². The van der Waals surface area contributed by atoms with Gasteiger partial charge >= 0.3 is 6.03 Å². The van der Waals surface area contributed by atoms with Crippen LogP contribution in [0.5, 0.6) is 0 Å². The molecule has 2 amide bonds. The number of amides is 2. The molecule has 2 fully saturated rings. The summed E-state index contributed by atoms with van der Waals surface area (Å²) in [5.74, 6) is -0.431. The second kappa shape index (κ2) is 5.85. The maximum absolute atomic E-state index is 14.3. The smallest absolute Gasteiger partial charge is 0.318 e. The van der Waals surface area contributed by atoms with Crippen molar-refractivity contribution in [3.05, 3.63) is 41.8 Å². The average molecular weight is 326 g/mol. The standard InChI is InChI=1S/C18H19FN4O/c1-11-8-15(19)17(10-14(11)16-6-3-7-20-22-16)21-18(24)23-12-4-2-5-13(23)9-12/h3,6-8,10,12-13H,2,4-5,9H2,1H3,(H,21,24). The number of nitrogens with zero attached hydrogens (tertiary/aromatic N) is 3. The number of aryl methyl sites for hydroxylation is 1. The van der Waals surface area contributed by atoms with Crippen molar-refractivity contribution in [1.82, 2.24) is 15.1 Å². The summed E-state index contributed by atoms with van der Waals surface area (Å²) >= 11 is 0. The van der Waals surface area contributed by atoms with E-state index in [0.29, 0.717) is 17.8 Å². The number of halogens is 1. The van der Waals surface area contributed by atoms with Crippen LogP contribution in [0.4, 0.5) is 14.9 Å². The number of hydrogen-bond donors (Lipinski definition) is 1. The molecule has 5 nitrogen and oxygen atoms in total. The van der Waals surface area contributed by atoms with Crippen molar-refractivity contribution < 1.29 is 9.18 Å². The molecular weight excluding hydrogens is 307 g/mol. The van der Waals surface area contributed by atoms with E-state index in [-0.39, 0.29) is 11.7 Å². The van der Waals surface area contributed by atoms with Gasteiger partial charge < -0.3 is 10.2 Å². The lowest BCUT2D eigenvalue weighted by atomic mass is 9.80. The number of nitrogens with one attached hydrogen (secondary N) is 1. The summed E-state index contributed by atoms with van der Waals surface area (Å²) in [5.41, 5.74) is 2.37. The highest BCUT2D eigenvalue weighted by molar-refractivity contribution is 5.91. The van der Waals surface area contributed by atoms with E-state index in [9.17, 15) is 9.18 Å². The minimum absolute atomic E-state index is 0.191. The molecule has 2 atom stereocenters. The molecule has 1 aromatic heterocycles. The molecular formula is C18H19FN4O. The van der Waals surface area contributed by atoms with Crippen molar-refractivity contribution in [2.75, 3.05) is 5.32 Å². The van der Waals surface area contributed by atoms with Crippen LogP contribution in [0.3, 0.4) is 0 Å². The molecule has 2 aliphatic heterocycles. The highest BCUT2D eigenvalue weighted by atomic mass is 19.1. The zero-order valence-corrected chi connectivity index (χ0v) is 13.5. The molecule has 3 heterocycles. The van der Waals surface area contributed by atoms with E-state index in [1.807, 2.05) is 17.9 Å². The van der Waals surface area contributed by atoms with Crippen molar-refractivity contribution in [2.45, 2.75) is 44.7 Å². The topological polar surface area (TPSA) is 58.1 Å².